The largest absolute Gasteiger partial charge is 1.00 e. The topological polar surface area (TPSA) is 202 Å². The number of phosphoric acid groups is 1. The Morgan fingerprint density at radius 3 is 1.69 bits per heavy atom. The number of unbranched alkanes of at least 4 members (excludes halogenated alkanes) is 24. The van der Waals surface area contributed by atoms with E-state index >= 15 is 0 Å². The van der Waals surface area contributed by atoms with Crippen LogP contribution in [0.2, 0.25) is 0 Å². The van der Waals surface area contributed by atoms with Gasteiger partial charge in [-0.15, -0.1) is 0 Å². The Morgan fingerprint density at radius 1 is 0.787 bits per heavy atom. The number of nitrogens with two attached hydrogens (primary N) is 1. The molecular formula is C45H79N3NaO11P. The molecule has 1 saturated heterocycles. The molecule has 14 nitrogen and oxygen atoms in total. The van der Waals surface area contributed by atoms with Gasteiger partial charge in [0.2, 0.25) is 0 Å². The van der Waals surface area contributed by atoms with Crippen molar-refractivity contribution in [1.29, 1.82) is 0 Å². The van der Waals surface area contributed by atoms with E-state index in [4.69, 9.17) is 29.0 Å². The van der Waals surface area contributed by atoms with Gasteiger partial charge in [0.05, 0.1) is 13.2 Å². The third kappa shape index (κ3) is 27.4. The zero-order valence-electron chi connectivity index (χ0n) is 38.0. The van der Waals surface area contributed by atoms with Crippen molar-refractivity contribution in [3.05, 3.63) is 34.9 Å². The molecular weight excluding hydrogens is 812 g/mol. The Labute approximate surface area is 388 Å². The number of carbonyl (C=O) groups excluding carboxylic acids is 2. The van der Waals surface area contributed by atoms with Crippen LogP contribution in [0.15, 0.2) is 29.2 Å². The molecule has 346 valence electrons. The average Bonchev–Trinajstić information content (AvgIpc) is 3.50. The summed E-state index contributed by atoms with van der Waals surface area (Å²) in [6, 6.07) is 1.37. The smallest absolute Gasteiger partial charge is 0.756 e. The SMILES string of the molecule is C=C1[C@H](n2ccc(N)nc2=O)O[C@H](COP(=O)([O-])OC[C@H](COC(=O)CCCCCCCCCCCCCCC)OC(=O)CCCCCCCCCCCCCCC)[C@H]1O.[Na+]. The van der Waals surface area contributed by atoms with Crippen molar-refractivity contribution in [1.82, 2.24) is 9.55 Å². The van der Waals surface area contributed by atoms with E-state index in [1.807, 2.05) is 0 Å². The first-order chi connectivity index (χ1) is 29.0. The fourth-order valence-electron chi connectivity index (χ4n) is 7.26. The van der Waals surface area contributed by atoms with E-state index in [1.165, 1.54) is 128 Å². The summed E-state index contributed by atoms with van der Waals surface area (Å²) in [5.41, 5.74) is 4.91. The second-order valence-corrected chi connectivity index (χ2v) is 17.8. The van der Waals surface area contributed by atoms with Gasteiger partial charge < -0.3 is 39.0 Å². The molecule has 5 atom stereocenters. The number of hydrogen-bond donors (Lipinski definition) is 2. The molecule has 1 fully saturated rings. The van der Waals surface area contributed by atoms with Crippen molar-refractivity contribution in [2.24, 2.45) is 0 Å². The predicted molar refractivity (Wildman–Crippen MR) is 233 cm³/mol. The van der Waals surface area contributed by atoms with Crippen LogP contribution in [-0.4, -0.2) is 64.7 Å². The molecule has 1 aliphatic rings. The quantitative estimate of drug-likeness (QED) is 0.0238. The van der Waals surface area contributed by atoms with Crippen LogP contribution in [0, 0.1) is 0 Å². The monoisotopic (exact) mass is 892 g/mol. The molecule has 61 heavy (non-hydrogen) atoms. The second kappa shape index (κ2) is 35.7. The van der Waals surface area contributed by atoms with Crippen molar-refractivity contribution >= 4 is 25.6 Å². The van der Waals surface area contributed by atoms with Gasteiger partial charge in [-0.05, 0) is 18.9 Å². The Morgan fingerprint density at radius 2 is 1.23 bits per heavy atom. The van der Waals surface area contributed by atoms with Crippen molar-refractivity contribution < 1.29 is 77.0 Å². The van der Waals surface area contributed by atoms with Gasteiger partial charge in [0, 0.05) is 24.6 Å². The molecule has 0 bridgehead atoms. The molecule has 0 spiro atoms. The average molecular weight is 892 g/mol. The summed E-state index contributed by atoms with van der Waals surface area (Å²) in [6.07, 6.45) is 27.4. The second-order valence-electron chi connectivity index (χ2n) is 16.4. The van der Waals surface area contributed by atoms with Crippen LogP contribution in [0.3, 0.4) is 0 Å². The third-order valence-corrected chi connectivity index (χ3v) is 11.9. The minimum Gasteiger partial charge on any atom is -0.756 e. The molecule has 2 rings (SSSR count). The zero-order chi connectivity index (χ0) is 43.9. The number of aliphatic hydroxyl groups excluding tert-OH is 1. The summed E-state index contributed by atoms with van der Waals surface area (Å²) in [5.74, 6) is -1.01. The van der Waals surface area contributed by atoms with Gasteiger partial charge in [0.15, 0.2) is 12.3 Å². The number of esters is 2. The Bertz CT molecular complexity index is 1430. The van der Waals surface area contributed by atoms with Gasteiger partial charge in [-0.1, -0.05) is 175 Å². The predicted octanol–water partition coefficient (Wildman–Crippen LogP) is 6.56. The molecule has 0 saturated carbocycles. The van der Waals surface area contributed by atoms with E-state index in [0.29, 0.717) is 12.8 Å². The summed E-state index contributed by atoms with van der Waals surface area (Å²) in [5, 5.41) is 10.6. The number of aromatic nitrogens is 2. The molecule has 0 aliphatic carbocycles. The summed E-state index contributed by atoms with van der Waals surface area (Å²) < 4.78 is 40.6. The van der Waals surface area contributed by atoms with E-state index in [1.54, 1.807) is 0 Å². The standard InChI is InChI=1S/C45H80N3O11P.Na/c1-4-6-8-10-12-14-16-18-20-22-24-26-28-30-41(49)55-34-38(58-42(50)31-29-27-25-23-21-19-17-15-13-11-9-7-5-2)35-56-60(53,54)57-36-39-43(51)37(3)44(59-39)48-33-32-40(46)47-45(48)52;/h32-33,38-39,43-44,51H,3-31,34-36H2,1-2H3,(H,53,54)(H2,46,47,52);/q;+1/p-1/t38-,39+,43-,44+;/m0./s1. The van der Waals surface area contributed by atoms with E-state index in [2.05, 4.69) is 25.4 Å². The zero-order valence-corrected chi connectivity index (χ0v) is 40.9. The number of anilines is 1. The first kappa shape index (κ1) is 57.4. The van der Waals surface area contributed by atoms with Crippen LogP contribution in [0.4, 0.5) is 5.82 Å². The van der Waals surface area contributed by atoms with Gasteiger partial charge >= 0.3 is 47.2 Å². The number of nitrogens with zero attached hydrogens (tertiary/aromatic N) is 2. The van der Waals surface area contributed by atoms with Gasteiger partial charge in [-0.3, -0.25) is 18.7 Å². The summed E-state index contributed by atoms with van der Waals surface area (Å²) in [6.45, 7) is 6.55. The maximum absolute atomic E-state index is 12.8. The number of nitrogen functional groups attached to an aromatic ring is 1. The minimum absolute atomic E-state index is 0. The van der Waals surface area contributed by atoms with Gasteiger partial charge in [0.1, 0.15) is 24.6 Å². The summed E-state index contributed by atoms with van der Waals surface area (Å²) in [7, 11) is -5.04. The molecule has 2 heterocycles. The van der Waals surface area contributed by atoms with Crippen LogP contribution < -0.4 is 45.9 Å². The van der Waals surface area contributed by atoms with Crippen LogP contribution in [0.25, 0.3) is 0 Å². The van der Waals surface area contributed by atoms with Crippen molar-refractivity contribution in [2.45, 2.75) is 218 Å². The third-order valence-electron chi connectivity index (χ3n) is 11.0. The first-order valence-corrected chi connectivity index (χ1v) is 24.8. The van der Waals surface area contributed by atoms with Gasteiger partial charge in [-0.25, -0.2) is 4.79 Å². The van der Waals surface area contributed by atoms with E-state index in [-0.39, 0.29) is 60.4 Å². The summed E-state index contributed by atoms with van der Waals surface area (Å²) >= 11 is 0. The molecule has 0 amide bonds. The first-order valence-electron chi connectivity index (χ1n) is 23.3. The number of carbonyl (C=O) groups is 2. The fraction of sp³-hybridized carbons (Fsp3) is 0.822. The Hall–Kier alpha value is -1.61. The molecule has 1 aromatic heterocycles. The number of aliphatic hydroxyl groups is 1. The van der Waals surface area contributed by atoms with E-state index in [9.17, 15) is 28.9 Å². The van der Waals surface area contributed by atoms with Gasteiger partial charge in [0.25, 0.3) is 7.82 Å². The number of ether oxygens (including phenoxy) is 3. The Kier molecular flexibility index (Phi) is 33.6. The van der Waals surface area contributed by atoms with Crippen LogP contribution in [0.1, 0.15) is 200 Å². The minimum atomic E-state index is -5.04. The van der Waals surface area contributed by atoms with Crippen molar-refractivity contribution in [2.75, 3.05) is 25.6 Å². The molecule has 1 unspecified atom stereocenters. The van der Waals surface area contributed by atoms with E-state index in [0.717, 1.165) is 43.1 Å². The van der Waals surface area contributed by atoms with E-state index < -0.39 is 63.2 Å². The molecule has 0 radical (unpaired) electrons. The molecule has 3 N–H and O–H groups in total. The number of rotatable bonds is 38. The van der Waals surface area contributed by atoms with Crippen LogP contribution in [-0.2, 0) is 37.4 Å². The molecule has 0 aromatic carbocycles. The van der Waals surface area contributed by atoms with Gasteiger partial charge in [-0.2, -0.15) is 4.98 Å². The maximum Gasteiger partial charge on any atom is 1.00 e. The Balaban J connectivity index is 0.0000186. The molecule has 16 heteroatoms. The van der Waals surface area contributed by atoms with Crippen LogP contribution >= 0.6 is 7.82 Å². The number of hydrogen-bond acceptors (Lipinski definition) is 13. The van der Waals surface area contributed by atoms with Crippen molar-refractivity contribution in [3.8, 4) is 0 Å². The maximum atomic E-state index is 12.8. The van der Waals surface area contributed by atoms with Crippen molar-refractivity contribution in [3.63, 3.8) is 0 Å². The van der Waals surface area contributed by atoms with Crippen LogP contribution in [0.5, 0.6) is 0 Å². The molecule has 1 aliphatic heterocycles. The normalized spacial score (nSPS) is 17.8. The fourth-order valence-corrected chi connectivity index (χ4v) is 8.01. The number of phosphoric ester groups is 1. The summed E-state index contributed by atoms with van der Waals surface area (Å²) in [4.78, 5) is 54.1. The molecule has 1 aromatic rings.